The Kier molecular flexibility index (Phi) is 4.17. The van der Waals surface area contributed by atoms with Crippen LogP contribution < -0.4 is 0 Å². The Hall–Kier alpha value is -0.740. The molecule has 1 saturated carbocycles. The largest absolute Gasteiger partial charge is 0.382 e. The Balaban J connectivity index is 2.31. The quantitative estimate of drug-likeness (QED) is 0.665. The number of carbonyl (C=O) groups is 1. The molecule has 18 heavy (non-hydrogen) atoms. The standard InChI is InChI=1S/C14H16BrFO2/c15-10-5-6-12(16)11(9-10)13(17)14(18)7-3-1-2-4-8-14/h5-6,9,18H,1-4,7-8H2. The van der Waals surface area contributed by atoms with Crippen LogP contribution in [-0.2, 0) is 0 Å². The minimum Gasteiger partial charge on any atom is -0.382 e. The van der Waals surface area contributed by atoms with Crippen molar-refractivity contribution in [2.24, 2.45) is 0 Å². The van der Waals surface area contributed by atoms with E-state index in [9.17, 15) is 14.3 Å². The zero-order chi connectivity index (χ0) is 13.2. The second-order valence-electron chi connectivity index (χ2n) is 4.90. The first kappa shape index (κ1) is 13.7. The van der Waals surface area contributed by atoms with Gasteiger partial charge < -0.3 is 5.11 Å². The van der Waals surface area contributed by atoms with Gasteiger partial charge >= 0.3 is 0 Å². The zero-order valence-corrected chi connectivity index (χ0v) is 11.7. The van der Waals surface area contributed by atoms with Crippen LogP contribution in [0.3, 0.4) is 0 Å². The molecule has 0 heterocycles. The number of hydrogen-bond acceptors (Lipinski definition) is 2. The van der Waals surface area contributed by atoms with E-state index in [0.717, 1.165) is 25.7 Å². The van der Waals surface area contributed by atoms with Gasteiger partial charge in [-0.25, -0.2) is 4.39 Å². The number of halogens is 2. The number of ketones is 1. The molecule has 98 valence electrons. The lowest BCUT2D eigenvalue weighted by Crippen LogP contribution is -2.38. The van der Waals surface area contributed by atoms with E-state index in [2.05, 4.69) is 15.9 Å². The van der Waals surface area contributed by atoms with Crippen LogP contribution in [0.15, 0.2) is 22.7 Å². The molecule has 1 aromatic rings. The molecule has 1 aromatic carbocycles. The molecular weight excluding hydrogens is 299 g/mol. The van der Waals surface area contributed by atoms with Crippen molar-refractivity contribution in [3.8, 4) is 0 Å². The van der Waals surface area contributed by atoms with E-state index in [1.807, 2.05) is 0 Å². The van der Waals surface area contributed by atoms with Crippen molar-refractivity contribution < 1.29 is 14.3 Å². The maximum absolute atomic E-state index is 13.7. The molecule has 1 N–H and O–H groups in total. The smallest absolute Gasteiger partial charge is 0.197 e. The van der Waals surface area contributed by atoms with E-state index in [1.54, 1.807) is 6.07 Å². The molecule has 0 atom stereocenters. The lowest BCUT2D eigenvalue weighted by atomic mass is 9.86. The first-order valence-corrected chi connectivity index (χ1v) is 7.04. The summed E-state index contributed by atoms with van der Waals surface area (Å²) in [6.45, 7) is 0. The Morgan fingerprint density at radius 3 is 2.44 bits per heavy atom. The maximum atomic E-state index is 13.7. The van der Waals surface area contributed by atoms with Crippen molar-refractivity contribution in [2.75, 3.05) is 0 Å². The number of rotatable bonds is 2. The van der Waals surface area contributed by atoms with Gasteiger partial charge in [-0.05, 0) is 31.0 Å². The van der Waals surface area contributed by atoms with Gasteiger partial charge in [0.1, 0.15) is 11.4 Å². The fourth-order valence-electron chi connectivity index (χ4n) is 2.46. The van der Waals surface area contributed by atoms with Gasteiger partial charge in [0.15, 0.2) is 5.78 Å². The highest BCUT2D eigenvalue weighted by Crippen LogP contribution is 2.31. The first-order chi connectivity index (χ1) is 8.53. The number of carbonyl (C=O) groups excluding carboxylic acids is 1. The van der Waals surface area contributed by atoms with Gasteiger partial charge in [0.05, 0.1) is 5.56 Å². The lowest BCUT2D eigenvalue weighted by Gasteiger charge is -2.25. The Morgan fingerprint density at radius 2 is 1.83 bits per heavy atom. The highest BCUT2D eigenvalue weighted by molar-refractivity contribution is 9.10. The molecule has 0 aliphatic heterocycles. The summed E-state index contributed by atoms with van der Waals surface area (Å²) in [5, 5.41) is 10.5. The number of aliphatic hydroxyl groups is 1. The van der Waals surface area contributed by atoms with E-state index >= 15 is 0 Å². The lowest BCUT2D eigenvalue weighted by molar-refractivity contribution is 0.0234. The first-order valence-electron chi connectivity index (χ1n) is 6.25. The number of benzene rings is 1. The summed E-state index contributed by atoms with van der Waals surface area (Å²) in [5.74, 6) is -1.05. The molecule has 0 spiro atoms. The highest BCUT2D eigenvalue weighted by Gasteiger charge is 2.37. The van der Waals surface area contributed by atoms with E-state index in [4.69, 9.17) is 0 Å². The third-order valence-electron chi connectivity index (χ3n) is 3.53. The van der Waals surface area contributed by atoms with E-state index < -0.39 is 17.2 Å². The fourth-order valence-corrected chi connectivity index (χ4v) is 2.82. The monoisotopic (exact) mass is 314 g/mol. The van der Waals surface area contributed by atoms with Crippen LogP contribution in [0.25, 0.3) is 0 Å². The summed E-state index contributed by atoms with van der Waals surface area (Å²) in [5.41, 5.74) is -1.41. The van der Waals surface area contributed by atoms with Crippen LogP contribution >= 0.6 is 15.9 Å². The predicted molar refractivity (Wildman–Crippen MR) is 71.1 cm³/mol. The SMILES string of the molecule is O=C(c1cc(Br)ccc1F)C1(O)CCCCCC1. The van der Waals surface area contributed by atoms with Crippen molar-refractivity contribution in [1.82, 2.24) is 0 Å². The molecule has 0 aromatic heterocycles. The summed E-state index contributed by atoms with van der Waals surface area (Å²) < 4.78 is 14.3. The summed E-state index contributed by atoms with van der Waals surface area (Å²) in [6, 6.07) is 4.24. The van der Waals surface area contributed by atoms with Crippen LogP contribution in [0.2, 0.25) is 0 Å². The molecule has 1 aliphatic carbocycles. The molecule has 0 amide bonds. The second-order valence-corrected chi connectivity index (χ2v) is 5.81. The minimum atomic E-state index is -1.39. The summed E-state index contributed by atoms with van der Waals surface area (Å²) in [6.07, 6.45) is 4.54. The van der Waals surface area contributed by atoms with E-state index in [1.165, 1.54) is 12.1 Å². The van der Waals surface area contributed by atoms with Crippen LogP contribution in [0.1, 0.15) is 48.9 Å². The summed E-state index contributed by atoms with van der Waals surface area (Å²) in [4.78, 5) is 12.3. The molecule has 0 saturated heterocycles. The summed E-state index contributed by atoms with van der Waals surface area (Å²) in [7, 11) is 0. The van der Waals surface area contributed by atoms with Gasteiger partial charge in [-0.3, -0.25) is 4.79 Å². The third kappa shape index (κ3) is 2.81. The molecule has 0 radical (unpaired) electrons. The van der Waals surface area contributed by atoms with Gasteiger partial charge in [-0.15, -0.1) is 0 Å². The molecule has 1 aliphatic rings. The molecule has 1 fully saturated rings. The molecule has 4 heteroatoms. The van der Waals surface area contributed by atoms with Crippen LogP contribution in [0.4, 0.5) is 4.39 Å². The van der Waals surface area contributed by atoms with Gasteiger partial charge in [0.2, 0.25) is 0 Å². The van der Waals surface area contributed by atoms with Crippen molar-refractivity contribution in [2.45, 2.75) is 44.1 Å². The highest BCUT2D eigenvalue weighted by atomic mass is 79.9. The van der Waals surface area contributed by atoms with Gasteiger partial charge in [0, 0.05) is 4.47 Å². The molecule has 0 unspecified atom stereocenters. The van der Waals surface area contributed by atoms with Crippen LogP contribution in [0.5, 0.6) is 0 Å². The van der Waals surface area contributed by atoms with Gasteiger partial charge in [-0.1, -0.05) is 41.6 Å². The van der Waals surface area contributed by atoms with Gasteiger partial charge in [0.25, 0.3) is 0 Å². The van der Waals surface area contributed by atoms with Crippen LogP contribution in [0, 0.1) is 5.82 Å². The van der Waals surface area contributed by atoms with Gasteiger partial charge in [-0.2, -0.15) is 0 Å². The van der Waals surface area contributed by atoms with E-state index in [0.29, 0.717) is 17.3 Å². The van der Waals surface area contributed by atoms with E-state index in [-0.39, 0.29) is 5.56 Å². The van der Waals surface area contributed by atoms with Crippen molar-refractivity contribution in [3.63, 3.8) is 0 Å². The molecule has 0 bridgehead atoms. The van der Waals surface area contributed by atoms with Crippen molar-refractivity contribution in [1.29, 1.82) is 0 Å². The normalized spacial score (nSPS) is 19.3. The zero-order valence-electron chi connectivity index (χ0n) is 10.1. The Morgan fingerprint density at radius 1 is 1.22 bits per heavy atom. The van der Waals surface area contributed by atoms with Crippen molar-refractivity contribution >= 4 is 21.7 Å². The Labute approximate surface area is 114 Å². The molecule has 2 nitrogen and oxygen atoms in total. The third-order valence-corrected chi connectivity index (χ3v) is 4.02. The fraction of sp³-hybridized carbons (Fsp3) is 0.500. The average Bonchev–Trinajstić information content (AvgIpc) is 2.57. The molecular formula is C14H16BrFO2. The van der Waals surface area contributed by atoms with Crippen molar-refractivity contribution in [3.05, 3.63) is 34.1 Å². The number of hydrogen-bond donors (Lipinski definition) is 1. The average molecular weight is 315 g/mol. The summed E-state index contributed by atoms with van der Waals surface area (Å²) >= 11 is 3.22. The topological polar surface area (TPSA) is 37.3 Å². The minimum absolute atomic E-state index is 0.0197. The Bertz CT molecular complexity index is 451. The predicted octanol–water partition coefficient (Wildman–Crippen LogP) is 3.86. The maximum Gasteiger partial charge on any atom is 0.197 e. The van der Waals surface area contributed by atoms with Crippen LogP contribution in [-0.4, -0.2) is 16.5 Å². The number of Topliss-reactive ketones (excluding diaryl/α,β-unsaturated/α-hetero) is 1. The molecule has 2 rings (SSSR count). The second kappa shape index (κ2) is 5.49.